The van der Waals surface area contributed by atoms with Crippen molar-refractivity contribution >= 4 is 19.5 Å². The summed E-state index contributed by atoms with van der Waals surface area (Å²) < 4.78 is 0. The van der Waals surface area contributed by atoms with Gasteiger partial charge in [-0.2, -0.15) is 0 Å². The number of nitrogens with one attached hydrogen (secondary N) is 1. The van der Waals surface area contributed by atoms with Crippen LogP contribution in [0.15, 0.2) is 0 Å². The van der Waals surface area contributed by atoms with Gasteiger partial charge in [0.1, 0.15) is 0 Å². The molecule has 0 aromatic heterocycles. The van der Waals surface area contributed by atoms with Crippen LogP contribution in [0.2, 0.25) is 0 Å². The molecule has 0 spiro atoms. The summed E-state index contributed by atoms with van der Waals surface area (Å²) >= 11 is 0. The van der Waals surface area contributed by atoms with Gasteiger partial charge in [0.05, 0.1) is 0 Å². The van der Waals surface area contributed by atoms with Crippen molar-refractivity contribution in [2.45, 2.75) is 45.1 Å². The first-order valence-electron chi connectivity index (χ1n) is 5.17. The van der Waals surface area contributed by atoms with Crippen LogP contribution in [0.1, 0.15) is 39.0 Å². The lowest BCUT2D eigenvalue weighted by Crippen LogP contribution is -2.26. The quantitative estimate of drug-likeness (QED) is 0.594. The lowest BCUT2D eigenvalue weighted by atomic mass is 10.2. The Morgan fingerprint density at radius 1 is 1.27 bits per heavy atom. The minimum Gasteiger partial charge on any atom is -0.314 e. The maximum Gasteiger partial charge on any atom is 0.00670 e. The van der Waals surface area contributed by atoms with E-state index in [9.17, 15) is 0 Å². The molecule has 1 rings (SSSR count). The van der Waals surface area contributed by atoms with Crippen molar-refractivity contribution in [2.24, 2.45) is 0 Å². The smallest absolute Gasteiger partial charge is 0.00670 e. The van der Waals surface area contributed by atoms with E-state index in [-0.39, 0.29) is 0 Å². The van der Waals surface area contributed by atoms with Crippen molar-refractivity contribution in [3.05, 3.63) is 0 Å². The fraction of sp³-hybridized carbons (Fsp3) is 1.00. The van der Waals surface area contributed by atoms with Gasteiger partial charge in [-0.15, -0.1) is 0 Å². The topological polar surface area (TPSA) is 12.0 Å². The van der Waals surface area contributed by atoms with Crippen molar-refractivity contribution in [3.63, 3.8) is 0 Å². The summed E-state index contributed by atoms with van der Waals surface area (Å²) in [5.74, 6) is 0. The predicted molar refractivity (Wildman–Crippen MR) is 60.4 cm³/mol. The van der Waals surface area contributed by atoms with E-state index in [0.29, 0.717) is 0 Å². The molecule has 1 fully saturated rings. The minimum atomic E-state index is 0.866. The summed E-state index contributed by atoms with van der Waals surface area (Å²) in [5.41, 5.74) is 0. The van der Waals surface area contributed by atoms with Crippen LogP contribution in [-0.4, -0.2) is 32.1 Å². The van der Waals surface area contributed by atoms with Crippen molar-refractivity contribution in [3.8, 4) is 0 Å². The maximum atomic E-state index is 3.53. The van der Waals surface area contributed by atoms with Gasteiger partial charge in [-0.05, 0) is 45.3 Å². The molecular formula is C8H23NSi2. The number of hydrogen-bond acceptors (Lipinski definition) is 1. The summed E-state index contributed by atoms with van der Waals surface area (Å²) in [6.07, 6.45) is 7.00. The van der Waals surface area contributed by atoms with Crippen LogP contribution in [0.4, 0.5) is 0 Å². The van der Waals surface area contributed by atoms with E-state index in [1.54, 1.807) is 0 Å². The van der Waals surface area contributed by atoms with Crippen LogP contribution in [0.5, 0.6) is 0 Å². The maximum absolute atomic E-state index is 3.53. The zero-order chi connectivity index (χ0) is 8.53. The molecular weight excluding hydrogens is 166 g/mol. The molecule has 1 aliphatic rings. The van der Waals surface area contributed by atoms with E-state index in [1.165, 1.54) is 58.2 Å². The largest absolute Gasteiger partial charge is 0.314 e. The highest BCUT2D eigenvalue weighted by atomic mass is 29.1. The highest BCUT2D eigenvalue weighted by Gasteiger charge is 2.12. The van der Waals surface area contributed by atoms with Crippen LogP contribution >= 0.6 is 0 Å². The number of hydrogen-bond donors (Lipinski definition) is 1. The molecule has 0 bridgehead atoms. The van der Waals surface area contributed by atoms with Crippen LogP contribution < -0.4 is 5.32 Å². The molecule has 1 saturated carbocycles. The summed E-state index contributed by atoms with van der Waals surface area (Å²) in [6, 6.07) is 0.866. The molecule has 0 heterocycles. The molecule has 1 N–H and O–H groups in total. The Morgan fingerprint density at radius 2 is 1.82 bits per heavy atom. The Kier molecular flexibility index (Phi) is 8.79. The zero-order valence-corrected chi connectivity index (χ0v) is 12.3. The summed E-state index contributed by atoms with van der Waals surface area (Å²) in [4.78, 5) is 0. The first-order chi connectivity index (χ1) is 5.43. The van der Waals surface area contributed by atoms with Crippen LogP contribution in [0.25, 0.3) is 0 Å². The van der Waals surface area contributed by atoms with E-state index in [0.717, 1.165) is 6.04 Å². The second kappa shape index (κ2) is 8.49. The van der Waals surface area contributed by atoms with E-state index in [2.05, 4.69) is 12.2 Å². The van der Waals surface area contributed by atoms with E-state index in [1.807, 2.05) is 0 Å². The van der Waals surface area contributed by atoms with Crippen LogP contribution in [-0.2, 0) is 0 Å². The lowest BCUT2D eigenvalue weighted by Gasteiger charge is -2.09. The summed E-state index contributed by atoms with van der Waals surface area (Å²) in [7, 11) is 2.89. The molecule has 11 heavy (non-hydrogen) atoms. The molecule has 68 valence electrons. The second-order valence-electron chi connectivity index (χ2n) is 2.94. The van der Waals surface area contributed by atoms with E-state index in [4.69, 9.17) is 0 Å². The molecule has 0 aliphatic heterocycles. The van der Waals surface area contributed by atoms with E-state index >= 15 is 0 Å². The fourth-order valence-electron chi connectivity index (χ4n) is 1.48. The SMILES string of the molecule is CCCNC1CCCC1.[SiH3][SiH3]. The van der Waals surface area contributed by atoms with Crippen molar-refractivity contribution in [1.82, 2.24) is 5.32 Å². The lowest BCUT2D eigenvalue weighted by molar-refractivity contribution is 0.523. The van der Waals surface area contributed by atoms with Crippen LogP contribution in [0.3, 0.4) is 0 Å². The zero-order valence-electron chi connectivity index (χ0n) is 8.32. The Balaban J connectivity index is 0.000000461. The van der Waals surface area contributed by atoms with Crippen molar-refractivity contribution in [1.29, 1.82) is 0 Å². The Hall–Kier alpha value is 0.394. The average Bonchev–Trinajstić information content (AvgIpc) is 2.57. The molecule has 0 amide bonds. The minimum absolute atomic E-state index is 0.866. The van der Waals surface area contributed by atoms with Gasteiger partial charge in [0.15, 0.2) is 0 Å². The first kappa shape index (κ1) is 11.4. The average molecular weight is 189 g/mol. The third-order valence-electron chi connectivity index (χ3n) is 2.04. The van der Waals surface area contributed by atoms with Gasteiger partial charge in [-0.3, -0.25) is 0 Å². The van der Waals surface area contributed by atoms with Gasteiger partial charge < -0.3 is 5.32 Å². The van der Waals surface area contributed by atoms with Crippen molar-refractivity contribution in [2.75, 3.05) is 6.54 Å². The summed E-state index contributed by atoms with van der Waals surface area (Å²) in [6.45, 7) is 3.44. The molecule has 0 atom stereocenters. The third-order valence-corrected chi connectivity index (χ3v) is 2.04. The third kappa shape index (κ3) is 5.64. The molecule has 0 saturated heterocycles. The van der Waals surface area contributed by atoms with Gasteiger partial charge in [0.2, 0.25) is 0 Å². The standard InChI is InChI=1S/C8H17N.H6Si2/c1-2-7-9-8-5-3-4-6-8;1-2/h8-9H,2-7H2,1H3;1-2H3. The molecule has 0 unspecified atom stereocenters. The molecule has 0 radical (unpaired) electrons. The van der Waals surface area contributed by atoms with Crippen molar-refractivity contribution < 1.29 is 0 Å². The molecule has 3 heteroatoms. The second-order valence-corrected chi connectivity index (χ2v) is 2.94. The first-order valence-corrected chi connectivity index (χ1v) is 13.2. The fourth-order valence-corrected chi connectivity index (χ4v) is 1.48. The Bertz CT molecular complexity index is 72.5. The Labute approximate surface area is 77.0 Å². The molecule has 0 aromatic carbocycles. The summed E-state index contributed by atoms with van der Waals surface area (Å²) in [5, 5.41) is 3.53. The normalized spacial score (nSPS) is 18.3. The van der Waals surface area contributed by atoms with Gasteiger partial charge >= 0.3 is 0 Å². The van der Waals surface area contributed by atoms with E-state index < -0.39 is 0 Å². The predicted octanol–water partition coefficient (Wildman–Crippen LogP) is -0.439. The molecule has 1 nitrogen and oxygen atoms in total. The highest BCUT2D eigenvalue weighted by molar-refractivity contribution is 6.75. The number of rotatable bonds is 3. The van der Waals surface area contributed by atoms with Gasteiger partial charge in [-0.1, -0.05) is 19.8 Å². The van der Waals surface area contributed by atoms with Crippen LogP contribution in [0, 0.1) is 0 Å². The monoisotopic (exact) mass is 189 g/mol. The Morgan fingerprint density at radius 3 is 2.27 bits per heavy atom. The van der Waals surface area contributed by atoms with Gasteiger partial charge in [-0.25, -0.2) is 0 Å². The molecule has 0 aromatic rings. The van der Waals surface area contributed by atoms with Gasteiger partial charge in [0.25, 0.3) is 0 Å². The van der Waals surface area contributed by atoms with Gasteiger partial charge in [0, 0.05) is 6.04 Å². The molecule has 1 aliphatic carbocycles. The highest BCUT2D eigenvalue weighted by Crippen LogP contribution is 2.17.